The van der Waals surface area contributed by atoms with Crippen LogP contribution in [0.3, 0.4) is 0 Å². The van der Waals surface area contributed by atoms with E-state index in [1.165, 1.54) is 12.2 Å². The molecule has 3 nitrogen and oxygen atoms in total. The highest BCUT2D eigenvalue weighted by atomic mass is 32.2. The number of carbonyl (C=O) groups excluding carboxylic acids is 2. The molecule has 0 aromatic carbocycles. The summed E-state index contributed by atoms with van der Waals surface area (Å²) in [6.45, 7) is 5.77. The van der Waals surface area contributed by atoms with Crippen LogP contribution in [0, 0.1) is 34.5 Å². The molecule has 0 radical (unpaired) electrons. The highest BCUT2D eigenvalue weighted by Gasteiger charge is 2.71. The highest BCUT2D eigenvalue weighted by Crippen LogP contribution is 2.70. The first kappa shape index (κ1) is 20.3. The summed E-state index contributed by atoms with van der Waals surface area (Å²) in [5.74, 6) is -0.908. The van der Waals surface area contributed by atoms with E-state index in [1.54, 1.807) is 13.0 Å². The fraction of sp³-hybridized carbons (Fsp3) is 0.727. The third kappa shape index (κ3) is 2.43. The van der Waals surface area contributed by atoms with Gasteiger partial charge in [0, 0.05) is 17.3 Å². The van der Waals surface area contributed by atoms with Crippen molar-refractivity contribution < 1.29 is 23.5 Å². The summed E-state index contributed by atoms with van der Waals surface area (Å²) in [5.41, 5.74) is -2.66. The number of thioether (sulfide) groups is 1. The van der Waals surface area contributed by atoms with Crippen molar-refractivity contribution in [1.82, 2.24) is 0 Å². The van der Waals surface area contributed by atoms with Gasteiger partial charge in [0.2, 0.25) is 0 Å². The number of fused-ring (bicyclic) bond motifs is 5. The summed E-state index contributed by atoms with van der Waals surface area (Å²) in [6, 6.07) is -0.757. The van der Waals surface area contributed by atoms with E-state index in [0.29, 0.717) is 31.0 Å². The lowest BCUT2D eigenvalue weighted by Gasteiger charge is -2.61. The lowest BCUT2D eigenvalue weighted by atomic mass is 9.45. The van der Waals surface area contributed by atoms with Crippen LogP contribution < -0.4 is 0 Å². The molecule has 6 heteroatoms. The number of carbonyl (C=O) groups is 2. The minimum Gasteiger partial charge on any atom is -0.390 e. The van der Waals surface area contributed by atoms with Gasteiger partial charge in [0.05, 0.1) is 6.10 Å². The quantitative estimate of drug-likeness (QED) is 0.733. The number of ketones is 1. The molecule has 1 N–H and O–H groups in total. The molecule has 3 fully saturated rings. The van der Waals surface area contributed by atoms with Gasteiger partial charge in [-0.1, -0.05) is 37.3 Å². The molecule has 0 aliphatic heterocycles. The van der Waals surface area contributed by atoms with E-state index >= 15 is 4.39 Å². The Balaban J connectivity index is 1.77. The first-order valence-corrected chi connectivity index (χ1v) is 11.1. The van der Waals surface area contributed by atoms with Gasteiger partial charge in [-0.25, -0.2) is 8.78 Å². The molecule has 6 unspecified atom stereocenters. The average Bonchev–Trinajstić information content (AvgIpc) is 2.87. The Morgan fingerprint density at radius 3 is 2.75 bits per heavy atom. The first-order chi connectivity index (χ1) is 13.1. The molecule has 0 bridgehead atoms. The van der Waals surface area contributed by atoms with Crippen molar-refractivity contribution >= 4 is 22.7 Å². The zero-order chi connectivity index (χ0) is 20.5. The van der Waals surface area contributed by atoms with Gasteiger partial charge in [-0.05, 0) is 62.0 Å². The van der Waals surface area contributed by atoms with Gasteiger partial charge in [0.25, 0.3) is 0 Å². The molecule has 0 saturated heterocycles. The summed E-state index contributed by atoms with van der Waals surface area (Å²) in [6.07, 6.45) is 5.41. The predicted octanol–water partition coefficient (Wildman–Crippen LogP) is 4.41. The fourth-order valence-electron chi connectivity index (χ4n) is 7.22. The molecule has 0 heterocycles. The van der Waals surface area contributed by atoms with Crippen LogP contribution in [0.1, 0.15) is 46.5 Å². The largest absolute Gasteiger partial charge is 0.390 e. The van der Waals surface area contributed by atoms with Crippen molar-refractivity contribution in [2.24, 2.45) is 34.5 Å². The Hall–Kier alpha value is -1.01. The molecule has 4 aliphatic carbocycles. The number of allylic oxidation sites excluding steroid dienone is 4. The van der Waals surface area contributed by atoms with Crippen LogP contribution in [-0.2, 0) is 9.59 Å². The zero-order valence-corrected chi connectivity index (χ0v) is 17.4. The van der Waals surface area contributed by atoms with Crippen LogP contribution in [0.4, 0.5) is 8.78 Å². The molecule has 3 saturated carbocycles. The molecule has 0 spiro atoms. The molecule has 4 aliphatic rings. The maximum absolute atomic E-state index is 16.9. The third-order valence-electron chi connectivity index (χ3n) is 8.43. The van der Waals surface area contributed by atoms with Crippen LogP contribution in [0.2, 0.25) is 0 Å². The average molecular weight is 411 g/mol. The van der Waals surface area contributed by atoms with Crippen molar-refractivity contribution in [3.8, 4) is 0 Å². The van der Waals surface area contributed by atoms with Crippen molar-refractivity contribution in [2.75, 3.05) is 6.01 Å². The van der Waals surface area contributed by atoms with Crippen LogP contribution in [0.15, 0.2) is 23.8 Å². The molecule has 0 amide bonds. The Morgan fingerprint density at radius 1 is 1.36 bits per heavy atom. The maximum Gasteiger partial charge on any atom is 0.195 e. The van der Waals surface area contributed by atoms with Gasteiger partial charge in [-0.3, -0.25) is 9.59 Å². The third-order valence-corrected chi connectivity index (χ3v) is 9.08. The summed E-state index contributed by atoms with van der Waals surface area (Å²) < 4.78 is 29.7. The lowest BCUT2D eigenvalue weighted by molar-refractivity contribution is -0.194. The Bertz CT molecular complexity index is 780. The number of halogens is 2. The summed E-state index contributed by atoms with van der Waals surface area (Å²) in [7, 11) is 0. The van der Waals surface area contributed by atoms with Crippen molar-refractivity contribution in [3.05, 3.63) is 23.8 Å². The van der Waals surface area contributed by atoms with E-state index in [0.717, 1.165) is 5.57 Å². The van der Waals surface area contributed by atoms with Gasteiger partial charge < -0.3 is 5.11 Å². The Labute approximate surface area is 169 Å². The van der Waals surface area contributed by atoms with Crippen LogP contribution in [0.25, 0.3) is 0 Å². The summed E-state index contributed by atoms with van der Waals surface area (Å²) in [5, 5.41) is 11.0. The van der Waals surface area contributed by atoms with Gasteiger partial charge in [0.1, 0.15) is 6.01 Å². The van der Waals surface area contributed by atoms with Crippen molar-refractivity contribution in [3.63, 3.8) is 0 Å². The van der Waals surface area contributed by atoms with Crippen molar-refractivity contribution in [2.45, 2.75) is 58.2 Å². The molecule has 154 valence electrons. The molecule has 0 aromatic rings. The molecular formula is C22H28F2O3S. The van der Waals surface area contributed by atoms with Crippen LogP contribution in [0.5, 0.6) is 0 Å². The highest BCUT2D eigenvalue weighted by molar-refractivity contribution is 8.13. The number of aliphatic hydroxyl groups is 1. The second kappa shape index (κ2) is 6.49. The first-order valence-electron chi connectivity index (χ1n) is 10.1. The SMILES string of the molecule is C[C@@H]1CC2C3CCC4=CC(=O)C=CC4(C)[C@]3(F)C(O)CC2(C)C1C(=O)SCF. The minimum atomic E-state index is -1.87. The smallest absolute Gasteiger partial charge is 0.195 e. The fourth-order valence-corrected chi connectivity index (χ4v) is 8.01. The standard InChI is InChI=1S/C22H28F2O3S/c1-12-8-16-15-5-4-13-9-14(25)6-7-21(13,3)22(15,24)17(26)10-20(16,2)18(12)19(27)28-11-23/h6-7,9,12,15-18,26H,4-5,8,10-11H2,1-3H3/t12-,15?,16?,17?,18?,20?,21?,22-/m1/s1. The maximum atomic E-state index is 16.9. The Morgan fingerprint density at radius 2 is 2.07 bits per heavy atom. The molecule has 4 rings (SSSR count). The minimum absolute atomic E-state index is 0.0318. The number of hydrogen-bond donors (Lipinski definition) is 1. The molecule has 0 aromatic heterocycles. The summed E-state index contributed by atoms with van der Waals surface area (Å²) in [4.78, 5) is 24.5. The van der Waals surface area contributed by atoms with Gasteiger partial charge in [0.15, 0.2) is 16.6 Å². The summed E-state index contributed by atoms with van der Waals surface area (Å²) >= 11 is 0.695. The normalized spacial score (nSPS) is 49.9. The van der Waals surface area contributed by atoms with E-state index in [1.807, 2.05) is 13.8 Å². The van der Waals surface area contributed by atoms with E-state index in [4.69, 9.17) is 0 Å². The van der Waals surface area contributed by atoms with Gasteiger partial charge >= 0.3 is 0 Å². The van der Waals surface area contributed by atoms with E-state index < -0.39 is 34.5 Å². The van der Waals surface area contributed by atoms with Gasteiger partial charge in [-0.2, -0.15) is 0 Å². The second-order valence-electron chi connectivity index (χ2n) is 9.62. The van der Waals surface area contributed by atoms with Crippen LogP contribution in [-0.4, -0.2) is 33.8 Å². The molecule has 8 atom stereocenters. The zero-order valence-electron chi connectivity index (χ0n) is 16.6. The molecule has 28 heavy (non-hydrogen) atoms. The van der Waals surface area contributed by atoms with Crippen LogP contribution >= 0.6 is 11.8 Å². The second-order valence-corrected chi connectivity index (χ2v) is 10.5. The van der Waals surface area contributed by atoms with Gasteiger partial charge in [-0.15, -0.1) is 0 Å². The lowest BCUT2D eigenvalue weighted by Crippen LogP contribution is -2.66. The number of rotatable bonds is 2. The topological polar surface area (TPSA) is 54.4 Å². The number of hydrogen-bond acceptors (Lipinski definition) is 4. The Kier molecular flexibility index (Phi) is 4.70. The van der Waals surface area contributed by atoms with E-state index in [-0.39, 0.29) is 35.1 Å². The van der Waals surface area contributed by atoms with Crippen molar-refractivity contribution in [1.29, 1.82) is 0 Å². The van der Waals surface area contributed by atoms with E-state index in [2.05, 4.69) is 0 Å². The predicted molar refractivity (Wildman–Crippen MR) is 105 cm³/mol. The number of aliphatic hydroxyl groups excluding tert-OH is 1. The molecular weight excluding hydrogens is 382 g/mol. The monoisotopic (exact) mass is 410 g/mol. The number of alkyl halides is 2. The van der Waals surface area contributed by atoms with E-state index in [9.17, 15) is 19.1 Å².